The molecule has 84 valence electrons. The zero-order chi connectivity index (χ0) is 10.4. The van der Waals surface area contributed by atoms with Gasteiger partial charge in [-0.3, -0.25) is 4.90 Å². The minimum atomic E-state index is 0.697. The molecule has 1 saturated heterocycles. The Labute approximate surface area is 89.1 Å². The summed E-state index contributed by atoms with van der Waals surface area (Å²) < 4.78 is 0. The number of rotatable bonds is 4. The summed E-state index contributed by atoms with van der Waals surface area (Å²) in [4.78, 5) is 2.71. The van der Waals surface area contributed by atoms with E-state index in [1.165, 1.54) is 38.6 Å². The molecule has 2 atom stereocenters. The SMILES string of the molecule is CCC1CCCCCN1C(C)CNC. The highest BCUT2D eigenvalue weighted by Crippen LogP contribution is 2.20. The summed E-state index contributed by atoms with van der Waals surface area (Å²) in [5.74, 6) is 0. The summed E-state index contributed by atoms with van der Waals surface area (Å²) in [5.41, 5.74) is 0. The van der Waals surface area contributed by atoms with E-state index in [1.54, 1.807) is 0 Å². The lowest BCUT2D eigenvalue weighted by molar-refractivity contribution is 0.141. The van der Waals surface area contributed by atoms with Crippen LogP contribution in [0.1, 0.15) is 46.0 Å². The third-order valence-corrected chi connectivity index (χ3v) is 3.46. The van der Waals surface area contributed by atoms with Crippen LogP contribution in [0, 0.1) is 0 Å². The quantitative estimate of drug-likeness (QED) is 0.745. The molecule has 2 nitrogen and oxygen atoms in total. The second kappa shape index (κ2) is 6.41. The Morgan fingerprint density at radius 3 is 2.79 bits per heavy atom. The smallest absolute Gasteiger partial charge is 0.0195 e. The Hall–Kier alpha value is -0.0800. The molecule has 0 amide bonds. The van der Waals surface area contributed by atoms with Crippen LogP contribution in [-0.2, 0) is 0 Å². The fraction of sp³-hybridized carbons (Fsp3) is 1.00. The van der Waals surface area contributed by atoms with Crippen LogP contribution in [0.4, 0.5) is 0 Å². The molecule has 0 aromatic carbocycles. The first-order chi connectivity index (χ1) is 6.79. The van der Waals surface area contributed by atoms with Crippen LogP contribution in [0.25, 0.3) is 0 Å². The Balaban J connectivity index is 2.50. The van der Waals surface area contributed by atoms with Crippen LogP contribution in [0.3, 0.4) is 0 Å². The third kappa shape index (κ3) is 3.25. The predicted octanol–water partition coefficient (Wildman–Crippen LogP) is 2.25. The fourth-order valence-corrected chi connectivity index (χ4v) is 2.63. The van der Waals surface area contributed by atoms with E-state index in [4.69, 9.17) is 0 Å². The Morgan fingerprint density at radius 2 is 2.14 bits per heavy atom. The maximum Gasteiger partial charge on any atom is 0.0195 e. The second-order valence-electron chi connectivity index (χ2n) is 4.56. The summed E-state index contributed by atoms with van der Waals surface area (Å²) in [6.07, 6.45) is 6.98. The minimum Gasteiger partial charge on any atom is -0.318 e. The fourth-order valence-electron chi connectivity index (χ4n) is 2.63. The van der Waals surface area contributed by atoms with Crippen molar-refractivity contribution in [3.8, 4) is 0 Å². The van der Waals surface area contributed by atoms with Gasteiger partial charge in [0.15, 0.2) is 0 Å². The van der Waals surface area contributed by atoms with Crippen molar-refractivity contribution in [1.82, 2.24) is 10.2 Å². The summed E-state index contributed by atoms with van der Waals surface area (Å²) >= 11 is 0. The van der Waals surface area contributed by atoms with Gasteiger partial charge in [0.2, 0.25) is 0 Å². The van der Waals surface area contributed by atoms with Crippen molar-refractivity contribution in [1.29, 1.82) is 0 Å². The molecule has 0 spiro atoms. The van der Waals surface area contributed by atoms with E-state index < -0.39 is 0 Å². The first-order valence-electron chi connectivity index (χ1n) is 6.20. The van der Waals surface area contributed by atoms with Crippen LogP contribution in [0.5, 0.6) is 0 Å². The predicted molar refractivity (Wildman–Crippen MR) is 62.6 cm³/mol. The van der Waals surface area contributed by atoms with Crippen molar-refractivity contribution in [2.45, 2.75) is 58.0 Å². The third-order valence-electron chi connectivity index (χ3n) is 3.46. The highest BCUT2D eigenvalue weighted by atomic mass is 15.2. The van der Waals surface area contributed by atoms with Crippen LogP contribution in [0.2, 0.25) is 0 Å². The van der Waals surface area contributed by atoms with Crippen molar-refractivity contribution in [3.05, 3.63) is 0 Å². The van der Waals surface area contributed by atoms with Crippen LogP contribution in [-0.4, -0.2) is 37.1 Å². The number of nitrogens with one attached hydrogen (secondary N) is 1. The van der Waals surface area contributed by atoms with Crippen molar-refractivity contribution < 1.29 is 0 Å². The molecule has 1 aliphatic heterocycles. The van der Waals surface area contributed by atoms with E-state index in [0.717, 1.165) is 12.6 Å². The molecular weight excluding hydrogens is 172 g/mol. The average molecular weight is 198 g/mol. The lowest BCUT2D eigenvalue weighted by atomic mass is 10.1. The molecule has 0 bridgehead atoms. The molecule has 14 heavy (non-hydrogen) atoms. The minimum absolute atomic E-state index is 0.697. The van der Waals surface area contributed by atoms with Gasteiger partial charge in [-0.2, -0.15) is 0 Å². The van der Waals surface area contributed by atoms with Gasteiger partial charge in [-0.25, -0.2) is 0 Å². The van der Waals surface area contributed by atoms with Gasteiger partial charge in [0.1, 0.15) is 0 Å². The lowest BCUT2D eigenvalue weighted by Gasteiger charge is -2.34. The number of nitrogens with zero attached hydrogens (tertiary/aromatic N) is 1. The molecule has 0 saturated carbocycles. The molecule has 2 unspecified atom stereocenters. The zero-order valence-electron chi connectivity index (χ0n) is 10.1. The molecule has 0 radical (unpaired) electrons. The molecule has 1 heterocycles. The van der Waals surface area contributed by atoms with E-state index >= 15 is 0 Å². The molecule has 0 aromatic rings. The molecule has 2 heteroatoms. The standard InChI is InChI=1S/C12H26N2/c1-4-12-8-6-5-7-9-14(12)11(2)10-13-3/h11-13H,4-10H2,1-3H3. The van der Waals surface area contributed by atoms with Gasteiger partial charge in [0, 0.05) is 18.6 Å². The van der Waals surface area contributed by atoms with Crippen molar-refractivity contribution in [2.75, 3.05) is 20.1 Å². The molecule has 1 fully saturated rings. The molecule has 1 rings (SSSR count). The van der Waals surface area contributed by atoms with Crippen LogP contribution >= 0.6 is 0 Å². The van der Waals surface area contributed by atoms with Crippen molar-refractivity contribution in [3.63, 3.8) is 0 Å². The number of hydrogen-bond donors (Lipinski definition) is 1. The molecule has 0 aliphatic carbocycles. The number of hydrogen-bond acceptors (Lipinski definition) is 2. The maximum absolute atomic E-state index is 3.29. The Bertz CT molecular complexity index is 147. The Kier molecular flexibility index (Phi) is 5.49. The van der Waals surface area contributed by atoms with Gasteiger partial charge in [-0.15, -0.1) is 0 Å². The Morgan fingerprint density at radius 1 is 1.36 bits per heavy atom. The average Bonchev–Trinajstić information content (AvgIpc) is 2.42. The van der Waals surface area contributed by atoms with Crippen molar-refractivity contribution in [2.24, 2.45) is 0 Å². The largest absolute Gasteiger partial charge is 0.318 e. The zero-order valence-corrected chi connectivity index (χ0v) is 10.1. The van der Waals surface area contributed by atoms with E-state index in [-0.39, 0.29) is 0 Å². The molecular formula is C12H26N2. The first-order valence-corrected chi connectivity index (χ1v) is 6.20. The second-order valence-corrected chi connectivity index (χ2v) is 4.56. The van der Waals surface area contributed by atoms with E-state index in [2.05, 4.69) is 31.1 Å². The highest BCUT2D eigenvalue weighted by molar-refractivity contribution is 4.79. The van der Waals surface area contributed by atoms with E-state index in [1.807, 2.05) is 0 Å². The summed E-state index contributed by atoms with van der Waals surface area (Å²) in [6.45, 7) is 7.11. The first kappa shape index (κ1) is 12.0. The summed E-state index contributed by atoms with van der Waals surface area (Å²) in [6, 6.07) is 1.53. The van der Waals surface area contributed by atoms with Gasteiger partial charge in [-0.1, -0.05) is 19.8 Å². The van der Waals surface area contributed by atoms with Gasteiger partial charge in [0.25, 0.3) is 0 Å². The van der Waals surface area contributed by atoms with Crippen molar-refractivity contribution >= 4 is 0 Å². The monoisotopic (exact) mass is 198 g/mol. The van der Waals surface area contributed by atoms with E-state index in [9.17, 15) is 0 Å². The van der Waals surface area contributed by atoms with Gasteiger partial charge in [-0.05, 0) is 39.8 Å². The van der Waals surface area contributed by atoms with Crippen LogP contribution < -0.4 is 5.32 Å². The molecule has 1 N–H and O–H groups in total. The topological polar surface area (TPSA) is 15.3 Å². The molecule has 1 aliphatic rings. The normalized spacial score (nSPS) is 27.2. The molecule has 0 aromatic heterocycles. The van der Waals surface area contributed by atoms with Gasteiger partial charge in [0.05, 0.1) is 0 Å². The maximum atomic E-state index is 3.29. The summed E-state index contributed by atoms with van der Waals surface area (Å²) in [5, 5.41) is 3.29. The highest BCUT2D eigenvalue weighted by Gasteiger charge is 2.23. The van der Waals surface area contributed by atoms with E-state index in [0.29, 0.717) is 6.04 Å². The van der Waals surface area contributed by atoms with Gasteiger partial charge < -0.3 is 5.32 Å². The summed E-state index contributed by atoms with van der Waals surface area (Å²) in [7, 11) is 2.05. The van der Waals surface area contributed by atoms with Crippen LogP contribution in [0.15, 0.2) is 0 Å². The lowest BCUT2D eigenvalue weighted by Crippen LogP contribution is -2.45. The van der Waals surface area contributed by atoms with Gasteiger partial charge >= 0.3 is 0 Å². The number of likely N-dealkylation sites (N-methyl/N-ethyl adjacent to an activating group) is 1. The number of likely N-dealkylation sites (tertiary alicyclic amines) is 1.